The first-order valence-electron chi connectivity index (χ1n) is 6.68. The van der Waals surface area contributed by atoms with Crippen molar-refractivity contribution in [2.24, 2.45) is 5.41 Å². The molecule has 100 valence electrons. The number of nitrogen functional groups attached to an aromatic ring is 1. The lowest BCUT2D eigenvalue weighted by atomic mass is 9.64. The summed E-state index contributed by atoms with van der Waals surface area (Å²) < 4.78 is 5.74. The molecule has 1 saturated carbocycles. The van der Waals surface area contributed by atoms with Gasteiger partial charge in [0.2, 0.25) is 0 Å². The van der Waals surface area contributed by atoms with Gasteiger partial charge in [-0.05, 0) is 44.0 Å². The molecule has 0 heterocycles. The number of rotatable bonds is 4. The first-order valence-corrected chi connectivity index (χ1v) is 6.68. The summed E-state index contributed by atoms with van der Waals surface area (Å²) in [6, 6.07) is 6.58. The molecular weight excluding hydrogens is 224 g/mol. The van der Waals surface area contributed by atoms with Gasteiger partial charge in [-0.25, -0.2) is 0 Å². The molecular formula is C15H24N2O. The highest BCUT2D eigenvalue weighted by atomic mass is 16.5. The lowest BCUT2D eigenvalue weighted by molar-refractivity contribution is -0.0975. The SMILES string of the molecule is CCOC1CC(Nc2cc(C)cc(N)c2)C1(C)C. The minimum absolute atomic E-state index is 0.175. The van der Waals surface area contributed by atoms with E-state index in [2.05, 4.69) is 39.1 Å². The maximum atomic E-state index is 5.87. The number of hydrogen-bond donors (Lipinski definition) is 2. The Bertz CT molecular complexity index is 408. The fourth-order valence-corrected chi connectivity index (χ4v) is 2.71. The molecule has 2 unspecified atom stereocenters. The van der Waals surface area contributed by atoms with E-state index >= 15 is 0 Å². The summed E-state index contributed by atoms with van der Waals surface area (Å²) >= 11 is 0. The second-order valence-corrected chi connectivity index (χ2v) is 5.83. The zero-order valence-corrected chi connectivity index (χ0v) is 11.8. The summed E-state index contributed by atoms with van der Waals surface area (Å²) in [7, 11) is 0. The fraction of sp³-hybridized carbons (Fsp3) is 0.600. The predicted octanol–water partition coefficient (Wildman–Crippen LogP) is 3.19. The number of benzene rings is 1. The van der Waals surface area contributed by atoms with Crippen LogP contribution in [0.2, 0.25) is 0 Å². The van der Waals surface area contributed by atoms with E-state index in [1.165, 1.54) is 5.56 Å². The van der Waals surface area contributed by atoms with E-state index in [4.69, 9.17) is 10.5 Å². The van der Waals surface area contributed by atoms with Crippen molar-refractivity contribution in [3.05, 3.63) is 23.8 Å². The van der Waals surface area contributed by atoms with Gasteiger partial charge in [-0.1, -0.05) is 13.8 Å². The van der Waals surface area contributed by atoms with Crippen LogP contribution in [0, 0.1) is 12.3 Å². The molecule has 3 nitrogen and oxygen atoms in total. The van der Waals surface area contributed by atoms with E-state index in [0.717, 1.165) is 24.4 Å². The summed E-state index contributed by atoms with van der Waals surface area (Å²) in [5.41, 5.74) is 9.17. The quantitative estimate of drug-likeness (QED) is 0.804. The first kappa shape index (κ1) is 13.2. The average molecular weight is 248 g/mol. The molecule has 0 bridgehead atoms. The number of ether oxygens (including phenoxy) is 1. The monoisotopic (exact) mass is 248 g/mol. The van der Waals surface area contributed by atoms with Gasteiger partial charge >= 0.3 is 0 Å². The summed E-state index contributed by atoms with van der Waals surface area (Å²) in [6.07, 6.45) is 1.43. The molecule has 2 atom stereocenters. The highest BCUT2D eigenvalue weighted by Gasteiger charge is 2.48. The van der Waals surface area contributed by atoms with Crippen molar-refractivity contribution < 1.29 is 4.74 Å². The van der Waals surface area contributed by atoms with Crippen LogP contribution in [0.15, 0.2) is 18.2 Å². The molecule has 2 rings (SSSR count). The summed E-state index contributed by atoms with van der Waals surface area (Å²) in [4.78, 5) is 0. The topological polar surface area (TPSA) is 47.3 Å². The molecule has 0 radical (unpaired) electrons. The maximum absolute atomic E-state index is 5.87. The molecule has 1 aromatic carbocycles. The van der Waals surface area contributed by atoms with Gasteiger partial charge in [-0.15, -0.1) is 0 Å². The van der Waals surface area contributed by atoms with Crippen LogP contribution in [-0.4, -0.2) is 18.8 Å². The zero-order valence-electron chi connectivity index (χ0n) is 11.8. The minimum Gasteiger partial charge on any atom is -0.399 e. The Kier molecular flexibility index (Phi) is 3.53. The van der Waals surface area contributed by atoms with Crippen LogP contribution in [-0.2, 0) is 4.74 Å². The maximum Gasteiger partial charge on any atom is 0.0665 e. The highest BCUT2D eigenvalue weighted by Crippen LogP contribution is 2.44. The van der Waals surface area contributed by atoms with Gasteiger partial charge in [0.15, 0.2) is 0 Å². The minimum atomic E-state index is 0.175. The van der Waals surface area contributed by atoms with Gasteiger partial charge in [-0.2, -0.15) is 0 Å². The average Bonchev–Trinajstić information content (AvgIpc) is 2.26. The van der Waals surface area contributed by atoms with Crippen molar-refractivity contribution in [1.82, 2.24) is 0 Å². The van der Waals surface area contributed by atoms with Gasteiger partial charge in [0, 0.05) is 29.4 Å². The molecule has 0 saturated heterocycles. The van der Waals surface area contributed by atoms with Crippen LogP contribution >= 0.6 is 0 Å². The smallest absolute Gasteiger partial charge is 0.0665 e. The van der Waals surface area contributed by atoms with Gasteiger partial charge < -0.3 is 15.8 Å². The molecule has 0 aliphatic heterocycles. The molecule has 1 aliphatic rings. The first-order chi connectivity index (χ1) is 8.43. The van der Waals surface area contributed by atoms with Crippen LogP contribution < -0.4 is 11.1 Å². The Morgan fingerprint density at radius 1 is 1.39 bits per heavy atom. The Morgan fingerprint density at radius 2 is 2.11 bits per heavy atom. The van der Waals surface area contributed by atoms with E-state index < -0.39 is 0 Å². The number of nitrogens with one attached hydrogen (secondary N) is 1. The standard InChI is InChI=1S/C15H24N2O/c1-5-18-14-9-13(15(14,3)4)17-12-7-10(2)6-11(16)8-12/h6-8,13-14,17H,5,9,16H2,1-4H3. The van der Waals surface area contributed by atoms with Crippen LogP contribution in [0.4, 0.5) is 11.4 Å². The molecule has 0 aromatic heterocycles. The van der Waals surface area contributed by atoms with E-state index in [-0.39, 0.29) is 5.41 Å². The van der Waals surface area contributed by atoms with Gasteiger partial charge in [0.1, 0.15) is 0 Å². The number of hydrogen-bond acceptors (Lipinski definition) is 3. The Hall–Kier alpha value is -1.22. The fourth-order valence-electron chi connectivity index (χ4n) is 2.71. The predicted molar refractivity (Wildman–Crippen MR) is 76.8 cm³/mol. The third-order valence-corrected chi connectivity index (χ3v) is 3.99. The van der Waals surface area contributed by atoms with Crippen LogP contribution in [0.1, 0.15) is 32.8 Å². The Balaban J connectivity index is 2.03. The second-order valence-electron chi connectivity index (χ2n) is 5.83. The van der Waals surface area contributed by atoms with Crippen molar-refractivity contribution >= 4 is 11.4 Å². The van der Waals surface area contributed by atoms with Crippen molar-refractivity contribution in [2.45, 2.75) is 46.3 Å². The molecule has 3 N–H and O–H groups in total. The summed E-state index contributed by atoms with van der Waals surface area (Å²) in [5.74, 6) is 0. The van der Waals surface area contributed by atoms with Gasteiger partial charge in [0.05, 0.1) is 6.10 Å². The molecule has 18 heavy (non-hydrogen) atoms. The number of aryl methyl sites for hydroxylation is 1. The zero-order chi connectivity index (χ0) is 13.3. The molecule has 1 fully saturated rings. The van der Waals surface area contributed by atoms with Gasteiger partial charge in [-0.3, -0.25) is 0 Å². The summed E-state index contributed by atoms with van der Waals surface area (Å²) in [5, 5.41) is 3.58. The van der Waals surface area contributed by atoms with E-state index in [1.807, 2.05) is 12.1 Å². The summed E-state index contributed by atoms with van der Waals surface area (Å²) in [6.45, 7) is 9.42. The van der Waals surface area contributed by atoms with Crippen molar-refractivity contribution in [3.63, 3.8) is 0 Å². The molecule has 1 aromatic rings. The molecule has 3 heteroatoms. The van der Waals surface area contributed by atoms with E-state index in [0.29, 0.717) is 12.1 Å². The molecule has 0 amide bonds. The van der Waals surface area contributed by atoms with Crippen molar-refractivity contribution in [2.75, 3.05) is 17.7 Å². The number of anilines is 2. The largest absolute Gasteiger partial charge is 0.399 e. The second kappa shape index (κ2) is 4.81. The van der Waals surface area contributed by atoms with Gasteiger partial charge in [0.25, 0.3) is 0 Å². The Labute approximate surface area is 110 Å². The number of nitrogens with two attached hydrogens (primary N) is 1. The van der Waals surface area contributed by atoms with Crippen molar-refractivity contribution in [1.29, 1.82) is 0 Å². The highest BCUT2D eigenvalue weighted by molar-refractivity contribution is 5.57. The normalized spacial score (nSPS) is 25.6. The van der Waals surface area contributed by atoms with Crippen molar-refractivity contribution in [3.8, 4) is 0 Å². The van der Waals surface area contributed by atoms with Crippen LogP contribution in [0.3, 0.4) is 0 Å². The van der Waals surface area contributed by atoms with Crippen LogP contribution in [0.5, 0.6) is 0 Å². The van der Waals surface area contributed by atoms with Crippen LogP contribution in [0.25, 0.3) is 0 Å². The Morgan fingerprint density at radius 3 is 2.67 bits per heavy atom. The van der Waals surface area contributed by atoms with E-state index in [1.54, 1.807) is 0 Å². The molecule has 1 aliphatic carbocycles. The third kappa shape index (κ3) is 2.46. The lowest BCUT2D eigenvalue weighted by Gasteiger charge is -2.52. The lowest BCUT2D eigenvalue weighted by Crippen LogP contribution is -2.58. The van der Waals surface area contributed by atoms with E-state index in [9.17, 15) is 0 Å². The third-order valence-electron chi connectivity index (χ3n) is 3.99. The molecule has 0 spiro atoms.